The second-order valence-corrected chi connectivity index (χ2v) is 5.96. The molecule has 0 atom stereocenters. The summed E-state index contributed by atoms with van der Waals surface area (Å²) in [5.41, 5.74) is 1.50. The quantitative estimate of drug-likeness (QED) is 0.691. The number of rotatable bonds is 9. The number of amides is 1. The maximum atomic E-state index is 12.4. The van der Waals surface area contributed by atoms with Crippen LogP contribution in [-0.2, 0) is 6.54 Å². The Morgan fingerprint density at radius 1 is 1.15 bits per heavy atom. The van der Waals surface area contributed by atoms with Crippen LogP contribution in [0.25, 0.3) is 0 Å². The van der Waals surface area contributed by atoms with Crippen molar-refractivity contribution in [2.45, 2.75) is 26.5 Å². The van der Waals surface area contributed by atoms with Crippen molar-refractivity contribution in [3.63, 3.8) is 0 Å². The van der Waals surface area contributed by atoms with Gasteiger partial charge in [0.25, 0.3) is 5.91 Å². The molecule has 0 aliphatic rings. The molecule has 0 radical (unpaired) electrons. The van der Waals surface area contributed by atoms with E-state index in [9.17, 15) is 4.79 Å². The predicted octanol–water partition coefficient (Wildman–Crippen LogP) is 3.98. The van der Waals surface area contributed by atoms with Crippen LogP contribution in [0.15, 0.2) is 55.1 Å². The van der Waals surface area contributed by atoms with Crippen molar-refractivity contribution in [2.24, 2.45) is 0 Å². The molecule has 0 aliphatic heterocycles. The van der Waals surface area contributed by atoms with E-state index in [-0.39, 0.29) is 12.0 Å². The number of ether oxygens (including phenoxy) is 3. The minimum absolute atomic E-state index is 0.133. The van der Waals surface area contributed by atoms with Crippen LogP contribution < -0.4 is 19.5 Å². The van der Waals surface area contributed by atoms with Gasteiger partial charge in [0.15, 0.2) is 11.5 Å². The molecule has 0 bridgehead atoms. The number of hydrogen-bond acceptors (Lipinski definition) is 4. The molecule has 0 heterocycles. The summed E-state index contributed by atoms with van der Waals surface area (Å²) in [5.74, 6) is 1.72. The lowest BCUT2D eigenvalue weighted by Gasteiger charge is -2.12. The van der Waals surface area contributed by atoms with E-state index in [1.54, 1.807) is 31.4 Å². The molecular formula is C21H25NO4. The van der Waals surface area contributed by atoms with Crippen molar-refractivity contribution in [1.29, 1.82) is 0 Å². The molecular weight excluding hydrogens is 330 g/mol. The maximum absolute atomic E-state index is 12.4. The highest BCUT2D eigenvalue weighted by atomic mass is 16.5. The summed E-state index contributed by atoms with van der Waals surface area (Å²) in [4.78, 5) is 12.4. The van der Waals surface area contributed by atoms with Gasteiger partial charge >= 0.3 is 0 Å². The molecule has 5 heteroatoms. The Kier molecular flexibility index (Phi) is 7.09. The van der Waals surface area contributed by atoms with Gasteiger partial charge in [0.1, 0.15) is 12.4 Å². The summed E-state index contributed by atoms with van der Waals surface area (Å²) in [5, 5.41) is 2.90. The molecule has 0 unspecified atom stereocenters. The van der Waals surface area contributed by atoms with Crippen molar-refractivity contribution >= 4 is 5.91 Å². The molecule has 0 fully saturated rings. The average molecular weight is 355 g/mol. The zero-order chi connectivity index (χ0) is 18.9. The number of methoxy groups -OCH3 is 1. The Hall–Kier alpha value is -2.95. The SMILES string of the molecule is C=CCOc1ccc(C(=O)NCc2ccc(OC(C)C)cc2)cc1OC. The van der Waals surface area contributed by atoms with E-state index in [4.69, 9.17) is 14.2 Å². The van der Waals surface area contributed by atoms with Crippen LogP contribution in [0.4, 0.5) is 0 Å². The normalized spacial score (nSPS) is 10.3. The average Bonchev–Trinajstić information content (AvgIpc) is 2.65. The van der Waals surface area contributed by atoms with Crippen LogP contribution in [0.2, 0.25) is 0 Å². The Morgan fingerprint density at radius 2 is 1.88 bits per heavy atom. The van der Waals surface area contributed by atoms with Gasteiger partial charge < -0.3 is 19.5 Å². The molecule has 0 saturated heterocycles. The van der Waals surface area contributed by atoms with E-state index in [0.717, 1.165) is 11.3 Å². The van der Waals surface area contributed by atoms with Crippen molar-refractivity contribution in [1.82, 2.24) is 5.32 Å². The molecule has 2 aromatic rings. The maximum Gasteiger partial charge on any atom is 0.251 e. The lowest BCUT2D eigenvalue weighted by Crippen LogP contribution is -2.22. The van der Waals surface area contributed by atoms with Gasteiger partial charge in [0, 0.05) is 12.1 Å². The summed E-state index contributed by atoms with van der Waals surface area (Å²) < 4.78 is 16.4. The third-order valence-corrected chi connectivity index (χ3v) is 3.53. The minimum atomic E-state index is -0.180. The Morgan fingerprint density at radius 3 is 2.50 bits per heavy atom. The van der Waals surface area contributed by atoms with Gasteiger partial charge in [0.05, 0.1) is 13.2 Å². The van der Waals surface area contributed by atoms with Crippen molar-refractivity contribution in [3.8, 4) is 17.2 Å². The Labute approximate surface area is 154 Å². The van der Waals surface area contributed by atoms with Crippen LogP contribution in [0, 0.1) is 0 Å². The molecule has 26 heavy (non-hydrogen) atoms. The molecule has 2 rings (SSSR count). The molecule has 2 aromatic carbocycles. The largest absolute Gasteiger partial charge is 0.493 e. The Bertz CT molecular complexity index is 738. The summed E-state index contributed by atoms with van der Waals surface area (Å²) in [7, 11) is 1.54. The number of benzene rings is 2. The highest BCUT2D eigenvalue weighted by Gasteiger charge is 2.11. The van der Waals surface area contributed by atoms with E-state index in [2.05, 4.69) is 11.9 Å². The topological polar surface area (TPSA) is 56.8 Å². The fourth-order valence-electron chi connectivity index (χ4n) is 2.32. The predicted molar refractivity (Wildman–Crippen MR) is 102 cm³/mol. The Balaban J connectivity index is 1.97. The fourth-order valence-corrected chi connectivity index (χ4v) is 2.32. The van der Waals surface area contributed by atoms with Gasteiger partial charge in [-0.2, -0.15) is 0 Å². The lowest BCUT2D eigenvalue weighted by atomic mass is 10.1. The first-order chi connectivity index (χ1) is 12.5. The molecule has 1 amide bonds. The van der Waals surface area contributed by atoms with E-state index in [1.165, 1.54) is 0 Å². The van der Waals surface area contributed by atoms with E-state index in [0.29, 0.717) is 30.2 Å². The summed E-state index contributed by atoms with van der Waals surface area (Å²) in [6, 6.07) is 12.8. The third kappa shape index (κ3) is 5.55. The zero-order valence-corrected chi connectivity index (χ0v) is 15.5. The second-order valence-electron chi connectivity index (χ2n) is 5.96. The summed E-state index contributed by atoms with van der Waals surface area (Å²) in [6.45, 7) is 8.38. The molecule has 5 nitrogen and oxygen atoms in total. The number of carbonyl (C=O) groups is 1. The van der Waals surface area contributed by atoms with Gasteiger partial charge in [-0.05, 0) is 49.7 Å². The van der Waals surface area contributed by atoms with Crippen LogP contribution >= 0.6 is 0 Å². The van der Waals surface area contributed by atoms with Crippen LogP contribution in [0.5, 0.6) is 17.2 Å². The lowest BCUT2D eigenvalue weighted by molar-refractivity contribution is 0.0950. The monoisotopic (exact) mass is 355 g/mol. The second kappa shape index (κ2) is 9.51. The van der Waals surface area contributed by atoms with Gasteiger partial charge in [-0.15, -0.1) is 0 Å². The van der Waals surface area contributed by atoms with Crippen molar-refractivity contribution < 1.29 is 19.0 Å². The van der Waals surface area contributed by atoms with Crippen LogP contribution in [0.1, 0.15) is 29.8 Å². The molecule has 1 N–H and O–H groups in total. The van der Waals surface area contributed by atoms with Gasteiger partial charge in [-0.3, -0.25) is 4.79 Å². The van der Waals surface area contributed by atoms with Crippen molar-refractivity contribution in [2.75, 3.05) is 13.7 Å². The number of nitrogens with one attached hydrogen (secondary N) is 1. The highest BCUT2D eigenvalue weighted by Crippen LogP contribution is 2.28. The highest BCUT2D eigenvalue weighted by molar-refractivity contribution is 5.94. The molecule has 0 aromatic heterocycles. The van der Waals surface area contributed by atoms with Gasteiger partial charge in [-0.25, -0.2) is 0 Å². The summed E-state index contributed by atoms with van der Waals surface area (Å²) in [6.07, 6.45) is 1.78. The first-order valence-corrected chi connectivity index (χ1v) is 8.49. The fraction of sp³-hybridized carbons (Fsp3) is 0.286. The molecule has 0 saturated carbocycles. The first-order valence-electron chi connectivity index (χ1n) is 8.49. The third-order valence-electron chi connectivity index (χ3n) is 3.53. The number of carbonyl (C=O) groups excluding carboxylic acids is 1. The van der Waals surface area contributed by atoms with Gasteiger partial charge in [0.2, 0.25) is 0 Å². The van der Waals surface area contributed by atoms with E-state index >= 15 is 0 Å². The molecule has 138 valence electrons. The van der Waals surface area contributed by atoms with Crippen molar-refractivity contribution in [3.05, 3.63) is 66.2 Å². The summed E-state index contributed by atoms with van der Waals surface area (Å²) >= 11 is 0. The van der Waals surface area contributed by atoms with E-state index in [1.807, 2.05) is 38.1 Å². The molecule has 0 spiro atoms. The standard InChI is InChI=1S/C21H25NO4/c1-5-12-25-19-11-8-17(13-20(19)24-4)21(23)22-14-16-6-9-18(10-7-16)26-15(2)3/h5-11,13,15H,1,12,14H2,2-4H3,(H,22,23). The smallest absolute Gasteiger partial charge is 0.251 e. The number of hydrogen-bond donors (Lipinski definition) is 1. The van der Waals surface area contributed by atoms with Gasteiger partial charge in [-0.1, -0.05) is 24.8 Å². The first kappa shape index (κ1) is 19.4. The van der Waals surface area contributed by atoms with Crippen LogP contribution in [0.3, 0.4) is 0 Å². The van der Waals surface area contributed by atoms with Crippen LogP contribution in [-0.4, -0.2) is 25.7 Å². The zero-order valence-electron chi connectivity index (χ0n) is 15.5. The molecule has 0 aliphatic carbocycles. The minimum Gasteiger partial charge on any atom is -0.493 e. The van der Waals surface area contributed by atoms with E-state index < -0.39 is 0 Å².